The molecule has 0 saturated carbocycles. The van der Waals surface area contributed by atoms with E-state index in [1.54, 1.807) is 30.3 Å². The SMILES string of the molecule is CC(=O)O.CCCCCCCCCCCCCCCCCCOS(=O)(=O)c1ccccc1.O.[Cu].[H-].[K+]. The van der Waals surface area contributed by atoms with Crippen LogP contribution in [0, 0.1) is 0 Å². The number of rotatable bonds is 19. The first-order chi connectivity index (χ1) is 15.4. The predicted molar refractivity (Wildman–Crippen MR) is 137 cm³/mol. The van der Waals surface area contributed by atoms with Crippen LogP contribution in [0.3, 0.4) is 0 Å². The quantitative estimate of drug-likeness (QED) is 0.148. The molecule has 0 atom stereocenters. The molecule has 1 aromatic carbocycles. The van der Waals surface area contributed by atoms with Crippen LogP contribution in [-0.4, -0.2) is 31.6 Å². The number of hydrogen-bond donors (Lipinski definition) is 1. The summed E-state index contributed by atoms with van der Waals surface area (Å²) in [5, 5.41) is 7.42. The summed E-state index contributed by atoms with van der Waals surface area (Å²) in [6, 6.07) is 8.37. The molecule has 207 valence electrons. The fourth-order valence-corrected chi connectivity index (χ4v) is 4.44. The Bertz CT molecular complexity index is 662. The van der Waals surface area contributed by atoms with E-state index < -0.39 is 16.1 Å². The number of carbonyl (C=O) groups is 1. The zero-order chi connectivity index (χ0) is 23.9. The summed E-state index contributed by atoms with van der Waals surface area (Å²) < 4.78 is 29.0. The molecule has 0 unspecified atom stereocenters. The molecule has 0 aliphatic heterocycles. The monoisotopic (exact) mass is 591 g/mol. The maximum absolute atomic E-state index is 12.0. The van der Waals surface area contributed by atoms with E-state index in [9.17, 15) is 8.42 Å². The van der Waals surface area contributed by atoms with Crippen molar-refractivity contribution in [2.24, 2.45) is 0 Å². The van der Waals surface area contributed by atoms with Gasteiger partial charge in [0.25, 0.3) is 16.1 Å². The van der Waals surface area contributed by atoms with Crippen molar-refractivity contribution in [1.82, 2.24) is 0 Å². The second-order valence-corrected chi connectivity index (χ2v) is 10.0. The molecule has 3 N–H and O–H groups in total. The van der Waals surface area contributed by atoms with Gasteiger partial charge in [-0.1, -0.05) is 121 Å². The van der Waals surface area contributed by atoms with Crippen LogP contribution < -0.4 is 51.4 Å². The van der Waals surface area contributed by atoms with E-state index in [0.29, 0.717) is 0 Å². The van der Waals surface area contributed by atoms with Crippen molar-refractivity contribution in [3.05, 3.63) is 30.3 Å². The Kier molecular flexibility index (Phi) is 37.8. The molecule has 0 aromatic heterocycles. The molecule has 0 aliphatic carbocycles. The minimum Gasteiger partial charge on any atom is -1.00 e. The van der Waals surface area contributed by atoms with Crippen molar-refractivity contribution >= 4 is 16.1 Å². The fourth-order valence-electron chi connectivity index (χ4n) is 3.47. The molecule has 0 bridgehead atoms. The second kappa shape index (κ2) is 30.9. The van der Waals surface area contributed by atoms with Crippen LogP contribution in [0.5, 0.6) is 0 Å². The molecule has 0 fully saturated rings. The topological polar surface area (TPSA) is 112 Å². The number of carboxylic acids is 1. The molecule has 0 amide bonds. The standard InChI is InChI=1S/C24H42O3S.C2H4O2.Cu.K.H2O.H/c1-2-3-4-5-6-7-8-9-10-11-12-13-14-15-16-20-23-27-28(25,26)24-21-18-17-19-22-24;1-2(3)4;;;;/h17-19,21-22H,2-16,20,23H2,1H3;1H3,(H,3,4);;;1H2;/q;;;+1;;-1. The molecule has 35 heavy (non-hydrogen) atoms. The molecule has 1 rings (SSSR count). The predicted octanol–water partition coefficient (Wildman–Crippen LogP) is 4.03. The Balaban J connectivity index is -0.000000371. The first-order valence-corrected chi connectivity index (χ1v) is 13.9. The molecule has 6 nitrogen and oxygen atoms in total. The molecular formula is C26H49CuKO6S. The average molecular weight is 592 g/mol. The van der Waals surface area contributed by atoms with Crippen LogP contribution in [0.2, 0.25) is 0 Å². The minimum absolute atomic E-state index is 0. The van der Waals surface area contributed by atoms with E-state index >= 15 is 0 Å². The third kappa shape index (κ3) is 30.8. The van der Waals surface area contributed by atoms with Gasteiger partial charge in [-0.25, -0.2) is 0 Å². The maximum Gasteiger partial charge on any atom is 1.00 e. The Morgan fingerprint density at radius 3 is 1.43 bits per heavy atom. The van der Waals surface area contributed by atoms with E-state index in [4.69, 9.17) is 14.1 Å². The molecule has 0 saturated heterocycles. The fraction of sp³-hybridized carbons (Fsp3) is 0.731. The van der Waals surface area contributed by atoms with Gasteiger partial charge in [-0.15, -0.1) is 0 Å². The molecular weight excluding hydrogens is 543 g/mol. The average Bonchev–Trinajstić information content (AvgIpc) is 2.76. The largest absolute Gasteiger partial charge is 1.00 e. The zero-order valence-corrected chi connectivity index (χ0v) is 27.1. The van der Waals surface area contributed by atoms with Crippen molar-refractivity contribution in [2.75, 3.05) is 6.61 Å². The molecule has 0 spiro atoms. The van der Waals surface area contributed by atoms with Gasteiger partial charge in [-0.2, -0.15) is 8.42 Å². The van der Waals surface area contributed by atoms with Crippen LogP contribution in [-0.2, 0) is 36.2 Å². The third-order valence-electron chi connectivity index (χ3n) is 5.27. The normalized spacial score (nSPS) is 10.1. The van der Waals surface area contributed by atoms with Gasteiger partial charge in [0.1, 0.15) is 0 Å². The first-order valence-electron chi connectivity index (χ1n) is 12.5. The van der Waals surface area contributed by atoms with Crippen molar-refractivity contribution < 1.29 is 97.9 Å². The minimum atomic E-state index is -3.58. The van der Waals surface area contributed by atoms with Gasteiger partial charge >= 0.3 is 51.4 Å². The molecule has 0 aliphatic rings. The number of hydrogen-bond acceptors (Lipinski definition) is 4. The van der Waals surface area contributed by atoms with Gasteiger partial charge in [0.2, 0.25) is 0 Å². The molecule has 1 aromatic rings. The summed E-state index contributed by atoms with van der Waals surface area (Å²) in [6.07, 6.45) is 20.9. The van der Waals surface area contributed by atoms with Crippen LogP contribution in [0.25, 0.3) is 0 Å². The van der Waals surface area contributed by atoms with Crippen LogP contribution >= 0.6 is 0 Å². The smallest absolute Gasteiger partial charge is 1.00 e. The number of aliphatic carboxylic acids is 1. The van der Waals surface area contributed by atoms with Gasteiger partial charge in [0.15, 0.2) is 0 Å². The summed E-state index contributed by atoms with van der Waals surface area (Å²) in [5.74, 6) is -0.833. The number of unbranched alkanes of at least 4 members (excludes halogenated alkanes) is 15. The van der Waals surface area contributed by atoms with E-state index in [2.05, 4.69) is 6.92 Å². The third-order valence-corrected chi connectivity index (χ3v) is 6.59. The van der Waals surface area contributed by atoms with Gasteiger partial charge in [-0.05, 0) is 18.6 Å². The molecule has 0 heterocycles. The Labute approximate surface area is 269 Å². The van der Waals surface area contributed by atoms with Crippen LogP contribution in [0.1, 0.15) is 118 Å². The van der Waals surface area contributed by atoms with Crippen molar-refractivity contribution in [3.8, 4) is 0 Å². The van der Waals surface area contributed by atoms with Gasteiger partial charge < -0.3 is 12.0 Å². The molecule has 9 heteroatoms. The Hall–Kier alpha value is 0.716. The van der Waals surface area contributed by atoms with Gasteiger partial charge in [0.05, 0.1) is 11.5 Å². The van der Waals surface area contributed by atoms with E-state index in [1.165, 1.54) is 89.9 Å². The van der Waals surface area contributed by atoms with Gasteiger partial charge in [-0.3, -0.25) is 8.98 Å². The van der Waals surface area contributed by atoms with E-state index in [-0.39, 0.29) is 86.9 Å². The van der Waals surface area contributed by atoms with Gasteiger partial charge in [0, 0.05) is 24.0 Å². The first kappa shape index (κ1) is 42.8. The summed E-state index contributed by atoms with van der Waals surface area (Å²) in [5.41, 5.74) is 0. The van der Waals surface area contributed by atoms with Crippen molar-refractivity contribution in [2.45, 2.75) is 121 Å². The number of benzene rings is 1. The van der Waals surface area contributed by atoms with Crippen LogP contribution in [0.4, 0.5) is 0 Å². The summed E-state index contributed by atoms with van der Waals surface area (Å²) in [4.78, 5) is 9.24. The van der Waals surface area contributed by atoms with Crippen molar-refractivity contribution in [1.29, 1.82) is 0 Å². The summed E-state index contributed by atoms with van der Waals surface area (Å²) in [7, 11) is -3.58. The van der Waals surface area contributed by atoms with E-state index in [1.807, 2.05) is 0 Å². The zero-order valence-electron chi connectivity index (χ0n) is 23.2. The molecule has 1 radical (unpaired) electrons. The Morgan fingerprint density at radius 2 is 1.09 bits per heavy atom. The Morgan fingerprint density at radius 1 is 0.771 bits per heavy atom. The van der Waals surface area contributed by atoms with Crippen molar-refractivity contribution in [3.63, 3.8) is 0 Å². The summed E-state index contributed by atoms with van der Waals surface area (Å²) >= 11 is 0. The van der Waals surface area contributed by atoms with Crippen LogP contribution in [0.15, 0.2) is 35.2 Å². The second-order valence-electron chi connectivity index (χ2n) is 8.41. The van der Waals surface area contributed by atoms with E-state index in [0.717, 1.165) is 19.8 Å². The maximum atomic E-state index is 12.0. The summed E-state index contributed by atoms with van der Waals surface area (Å²) in [6.45, 7) is 3.64. The number of carboxylic acid groups (broad SMARTS) is 1.